The molecule has 3 atom stereocenters. The second-order valence-corrected chi connectivity index (χ2v) is 13.1. The first-order chi connectivity index (χ1) is 19.0. The molecule has 4 rings (SSSR count). The van der Waals surface area contributed by atoms with Crippen molar-refractivity contribution in [1.82, 2.24) is 15.5 Å². The molecule has 3 amide bonds. The average molecular weight is 582 g/mol. The van der Waals surface area contributed by atoms with Gasteiger partial charge in [0.1, 0.15) is 11.8 Å². The number of thiophene rings is 1. The molecule has 1 aromatic heterocycles. The summed E-state index contributed by atoms with van der Waals surface area (Å²) in [4.78, 5) is 42.9. The van der Waals surface area contributed by atoms with Gasteiger partial charge in [-0.15, -0.1) is 23.1 Å². The van der Waals surface area contributed by atoms with E-state index in [-0.39, 0.29) is 29.5 Å². The van der Waals surface area contributed by atoms with E-state index in [1.54, 1.807) is 30.4 Å². The Morgan fingerprint density at radius 1 is 1.07 bits per heavy atom. The third-order valence-electron chi connectivity index (χ3n) is 7.27. The molecule has 40 heavy (non-hydrogen) atoms. The van der Waals surface area contributed by atoms with Gasteiger partial charge in [-0.05, 0) is 68.8 Å². The topological polar surface area (TPSA) is 119 Å². The number of nitrogens with one attached hydrogen (secondary N) is 2. The van der Waals surface area contributed by atoms with Gasteiger partial charge in [-0.2, -0.15) is 0 Å². The number of thioether (sulfide) groups is 1. The number of hydrogen-bond acceptors (Lipinski definition) is 7. The number of aliphatic hydroxyl groups is 1. The first-order valence-electron chi connectivity index (χ1n) is 13.1. The SMILES string of the molecule is Cc1ccsc1CNC(=O)[C@H]1N(C(=O)[C@@H](O)[C@H](Cc2ccccc2)NC(=O)c2cccc(O)c2C)CSC1(C)C. The predicted molar refractivity (Wildman–Crippen MR) is 158 cm³/mol. The van der Waals surface area contributed by atoms with E-state index in [0.29, 0.717) is 12.1 Å². The molecule has 1 aliphatic heterocycles. The van der Waals surface area contributed by atoms with Crippen LogP contribution < -0.4 is 10.6 Å². The number of amides is 3. The number of carbonyl (C=O) groups excluding carboxylic acids is 3. The van der Waals surface area contributed by atoms with Gasteiger partial charge >= 0.3 is 0 Å². The van der Waals surface area contributed by atoms with Crippen LogP contribution in [0.25, 0.3) is 0 Å². The number of carbonyl (C=O) groups is 3. The third kappa shape index (κ3) is 6.51. The fourth-order valence-electron chi connectivity index (χ4n) is 4.83. The summed E-state index contributed by atoms with van der Waals surface area (Å²) >= 11 is 3.03. The molecule has 0 aliphatic carbocycles. The Bertz CT molecular complexity index is 1370. The van der Waals surface area contributed by atoms with Gasteiger partial charge in [0.15, 0.2) is 6.10 Å². The van der Waals surface area contributed by atoms with Crippen LogP contribution in [0.15, 0.2) is 60.0 Å². The van der Waals surface area contributed by atoms with Crippen molar-refractivity contribution in [3.05, 3.63) is 87.1 Å². The maximum absolute atomic E-state index is 13.8. The predicted octanol–water partition coefficient (Wildman–Crippen LogP) is 3.77. The van der Waals surface area contributed by atoms with Crippen LogP contribution in [-0.4, -0.2) is 61.6 Å². The van der Waals surface area contributed by atoms with Crippen molar-refractivity contribution in [2.45, 2.75) is 63.6 Å². The summed E-state index contributed by atoms with van der Waals surface area (Å²) in [6.45, 7) is 7.79. The molecular formula is C30H35N3O5S2. The maximum atomic E-state index is 13.8. The molecule has 0 saturated carbocycles. The van der Waals surface area contributed by atoms with Gasteiger partial charge in [-0.25, -0.2) is 0 Å². The highest BCUT2D eigenvalue weighted by atomic mass is 32.2. The lowest BCUT2D eigenvalue weighted by Gasteiger charge is -2.33. The largest absolute Gasteiger partial charge is 0.508 e. The van der Waals surface area contributed by atoms with E-state index in [4.69, 9.17) is 0 Å². The van der Waals surface area contributed by atoms with Crippen molar-refractivity contribution in [2.24, 2.45) is 0 Å². The Labute approximate surface area is 242 Å². The van der Waals surface area contributed by atoms with E-state index < -0.39 is 34.7 Å². The molecule has 4 N–H and O–H groups in total. The van der Waals surface area contributed by atoms with Crippen LogP contribution in [-0.2, 0) is 22.6 Å². The Morgan fingerprint density at radius 3 is 2.48 bits per heavy atom. The van der Waals surface area contributed by atoms with Crippen LogP contribution in [0.3, 0.4) is 0 Å². The smallest absolute Gasteiger partial charge is 0.254 e. The third-order valence-corrected chi connectivity index (χ3v) is 9.67. The van der Waals surface area contributed by atoms with E-state index >= 15 is 0 Å². The summed E-state index contributed by atoms with van der Waals surface area (Å²) in [5, 5.41) is 29.2. The Kier molecular flexibility index (Phi) is 9.22. The summed E-state index contributed by atoms with van der Waals surface area (Å²) in [6, 6.07) is 14.1. The fourth-order valence-corrected chi connectivity index (χ4v) is 6.82. The van der Waals surface area contributed by atoms with Crippen LogP contribution in [0.5, 0.6) is 5.75 Å². The van der Waals surface area contributed by atoms with E-state index in [1.165, 1.54) is 22.7 Å². The zero-order valence-electron chi connectivity index (χ0n) is 23.0. The minimum absolute atomic E-state index is 0.0215. The van der Waals surface area contributed by atoms with Crippen LogP contribution in [0.2, 0.25) is 0 Å². The summed E-state index contributed by atoms with van der Waals surface area (Å²) in [5.41, 5.74) is 2.56. The van der Waals surface area contributed by atoms with Crippen molar-refractivity contribution in [3.63, 3.8) is 0 Å². The molecule has 0 bridgehead atoms. The molecule has 0 unspecified atom stereocenters. The number of hydrogen-bond donors (Lipinski definition) is 4. The number of phenolic OH excluding ortho intramolecular Hbond substituents is 1. The fraction of sp³-hybridized carbons (Fsp3) is 0.367. The van der Waals surface area contributed by atoms with E-state index in [1.807, 2.05) is 62.5 Å². The number of aliphatic hydroxyl groups excluding tert-OH is 1. The number of nitrogens with zero attached hydrogens (tertiary/aromatic N) is 1. The zero-order chi connectivity index (χ0) is 29.0. The van der Waals surface area contributed by atoms with Crippen LogP contribution in [0.1, 0.15) is 45.8 Å². The minimum atomic E-state index is -1.61. The zero-order valence-corrected chi connectivity index (χ0v) is 24.6. The van der Waals surface area contributed by atoms with Gasteiger partial charge in [0.05, 0.1) is 18.5 Å². The summed E-state index contributed by atoms with van der Waals surface area (Å²) in [6.07, 6.45) is -1.41. The van der Waals surface area contributed by atoms with Gasteiger partial charge in [-0.3, -0.25) is 14.4 Å². The number of aryl methyl sites for hydroxylation is 1. The lowest BCUT2D eigenvalue weighted by molar-refractivity contribution is -0.147. The van der Waals surface area contributed by atoms with Gasteiger partial charge in [0, 0.05) is 20.8 Å². The van der Waals surface area contributed by atoms with Gasteiger partial charge in [0.25, 0.3) is 11.8 Å². The lowest BCUT2D eigenvalue weighted by atomic mass is 9.96. The number of aromatic hydroxyl groups is 1. The van der Waals surface area contributed by atoms with Gasteiger partial charge in [-0.1, -0.05) is 36.4 Å². The first-order valence-corrected chi connectivity index (χ1v) is 14.9. The molecule has 8 nitrogen and oxygen atoms in total. The number of phenols is 1. The second-order valence-electron chi connectivity index (χ2n) is 10.5. The molecule has 0 spiro atoms. The van der Waals surface area contributed by atoms with Crippen LogP contribution in [0, 0.1) is 13.8 Å². The van der Waals surface area contributed by atoms with E-state index in [9.17, 15) is 24.6 Å². The Balaban J connectivity index is 1.56. The van der Waals surface area contributed by atoms with Gasteiger partial charge in [0.2, 0.25) is 5.91 Å². The highest BCUT2D eigenvalue weighted by Crippen LogP contribution is 2.40. The Morgan fingerprint density at radius 2 is 1.80 bits per heavy atom. The highest BCUT2D eigenvalue weighted by Gasteiger charge is 2.49. The second kappa shape index (κ2) is 12.4. The summed E-state index contributed by atoms with van der Waals surface area (Å²) in [7, 11) is 0. The van der Waals surface area contributed by atoms with Crippen LogP contribution >= 0.6 is 23.1 Å². The van der Waals surface area contributed by atoms with Crippen molar-refractivity contribution >= 4 is 40.8 Å². The average Bonchev–Trinajstić information content (AvgIpc) is 3.49. The maximum Gasteiger partial charge on any atom is 0.254 e. The molecule has 0 radical (unpaired) electrons. The first kappa shape index (κ1) is 29.6. The van der Waals surface area contributed by atoms with Crippen molar-refractivity contribution in [2.75, 3.05) is 5.88 Å². The molecule has 212 valence electrons. The molecule has 1 saturated heterocycles. The molecular weight excluding hydrogens is 546 g/mol. The molecule has 3 aromatic rings. The van der Waals surface area contributed by atoms with E-state index in [2.05, 4.69) is 10.6 Å². The van der Waals surface area contributed by atoms with Crippen molar-refractivity contribution in [1.29, 1.82) is 0 Å². The van der Waals surface area contributed by atoms with Crippen molar-refractivity contribution < 1.29 is 24.6 Å². The standard InChI is InChI=1S/C30H35N3O5S2/c1-18-13-14-39-24(18)16-31-28(37)26-30(3,4)40-17-33(26)29(38)25(35)22(15-20-9-6-5-7-10-20)32-27(36)21-11-8-12-23(34)19(21)2/h5-14,22,25-26,34-35H,15-17H2,1-4H3,(H,31,37)(H,32,36)/t22-,25-,26+/m0/s1. The monoisotopic (exact) mass is 581 g/mol. The van der Waals surface area contributed by atoms with Crippen LogP contribution in [0.4, 0.5) is 0 Å². The molecule has 2 heterocycles. The highest BCUT2D eigenvalue weighted by molar-refractivity contribution is 8.00. The summed E-state index contributed by atoms with van der Waals surface area (Å²) < 4.78 is -0.583. The minimum Gasteiger partial charge on any atom is -0.508 e. The molecule has 1 aliphatic rings. The summed E-state index contributed by atoms with van der Waals surface area (Å²) in [5.74, 6) is -1.22. The quantitative estimate of drug-likeness (QED) is 0.306. The Hall–Kier alpha value is -3.34. The van der Waals surface area contributed by atoms with Gasteiger partial charge < -0.3 is 25.7 Å². The molecule has 1 fully saturated rings. The molecule has 10 heteroatoms. The number of benzene rings is 2. The molecule has 2 aromatic carbocycles. The van der Waals surface area contributed by atoms with Crippen molar-refractivity contribution in [3.8, 4) is 5.75 Å². The van der Waals surface area contributed by atoms with E-state index in [0.717, 1.165) is 16.0 Å². The lowest BCUT2D eigenvalue weighted by Crippen LogP contribution is -2.58. The normalized spacial score (nSPS) is 17.7. The number of rotatable bonds is 9.